The molecule has 0 radical (unpaired) electrons. The van der Waals surface area contributed by atoms with Gasteiger partial charge in [0, 0.05) is 25.9 Å². The molecule has 0 bridgehead atoms. The number of nitrogens with zero attached hydrogens (tertiary/aromatic N) is 2. The van der Waals surface area contributed by atoms with E-state index in [-0.39, 0.29) is 16.9 Å². The second kappa shape index (κ2) is 7.28. The van der Waals surface area contributed by atoms with Crippen molar-refractivity contribution in [1.82, 2.24) is 9.88 Å². The lowest BCUT2D eigenvalue weighted by Gasteiger charge is -2.30. The molecule has 2 aliphatic heterocycles. The van der Waals surface area contributed by atoms with Crippen LogP contribution in [0.3, 0.4) is 0 Å². The third-order valence-electron chi connectivity index (χ3n) is 4.93. The molecule has 7 nitrogen and oxygen atoms in total. The molecular formula is C19H21N3O4S. The Morgan fingerprint density at radius 1 is 1.26 bits per heavy atom. The van der Waals surface area contributed by atoms with Crippen molar-refractivity contribution in [3.63, 3.8) is 0 Å². The number of amides is 1. The lowest BCUT2D eigenvalue weighted by atomic mass is 9.99. The Hall–Kier alpha value is -2.45. The third kappa shape index (κ3) is 3.81. The van der Waals surface area contributed by atoms with Gasteiger partial charge in [-0.1, -0.05) is 6.07 Å². The normalized spacial score (nSPS) is 19.6. The first kappa shape index (κ1) is 17.9. The van der Waals surface area contributed by atoms with Crippen molar-refractivity contribution in [2.75, 3.05) is 17.9 Å². The number of anilines is 1. The largest absolute Gasteiger partial charge is 0.368 e. The molecule has 1 atom stereocenters. The van der Waals surface area contributed by atoms with E-state index >= 15 is 0 Å². The van der Waals surface area contributed by atoms with Crippen LogP contribution in [0.15, 0.2) is 47.6 Å². The Balaban J connectivity index is 1.54. The van der Waals surface area contributed by atoms with Gasteiger partial charge in [-0.25, -0.2) is 8.42 Å². The molecule has 0 spiro atoms. The highest BCUT2D eigenvalue weighted by Crippen LogP contribution is 2.25. The first-order valence-electron chi connectivity index (χ1n) is 8.98. The van der Waals surface area contributed by atoms with E-state index in [4.69, 9.17) is 4.74 Å². The van der Waals surface area contributed by atoms with Gasteiger partial charge in [-0.3, -0.25) is 14.5 Å². The number of sulfonamides is 1. The summed E-state index contributed by atoms with van der Waals surface area (Å²) in [5, 5.41) is 0. The van der Waals surface area contributed by atoms with Crippen LogP contribution in [0.25, 0.3) is 0 Å². The van der Waals surface area contributed by atoms with Gasteiger partial charge in [-0.15, -0.1) is 0 Å². The van der Waals surface area contributed by atoms with Crippen molar-refractivity contribution in [3.05, 3.63) is 53.9 Å². The number of fused-ring (bicyclic) bond motifs is 1. The number of nitrogens with one attached hydrogen (secondary N) is 1. The van der Waals surface area contributed by atoms with Crippen molar-refractivity contribution in [3.8, 4) is 0 Å². The van der Waals surface area contributed by atoms with Crippen molar-refractivity contribution < 1.29 is 17.9 Å². The summed E-state index contributed by atoms with van der Waals surface area (Å²) < 4.78 is 33.4. The van der Waals surface area contributed by atoms with Gasteiger partial charge in [0.1, 0.15) is 6.10 Å². The third-order valence-corrected chi connectivity index (χ3v) is 6.31. The summed E-state index contributed by atoms with van der Waals surface area (Å²) in [6, 6.07) is 8.41. The lowest BCUT2D eigenvalue weighted by Crippen LogP contribution is -2.42. The molecule has 1 aromatic carbocycles. The van der Waals surface area contributed by atoms with E-state index in [2.05, 4.69) is 9.71 Å². The number of benzene rings is 1. The van der Waals surface area contributed by atoms with Gasteiger partial charge in [-0.05, 0) is 54.7 Å². The monoisotopic (exact) mass is 387 g/mol. The molecule has 2 aromatic rings. The summed E-state index contributed by atoms with van der Waals surface area (Å²) in [7, 11) is -3.72. The van der Waals surface area contributed by atoms with Crippen molar-refractivity contribution in [1.29, 1.82) is 0 Å². The van der Waals surface area contributed by atoms with E-state index in [0.717, 1.165) is 24.0 Å². The zero-order chi connectivity index (χ0) is 18.9. The van der Waals surface area contributed by atoms with E-state index in [1.165, 1.54) is 6.20 Å². The number of carbonyl (C=O) groups excluding carboxylic acids is 1. The molecule has 1 saturated heterocycles. The van der Waals surface area contributed by atoms with Crippen LogP contribution in [-0.4, -0.2) is 43.5 Å². The number of carbonyl (C=O) groups is 1. The zero-order valence-corrected chi connectivity index (χ0v) is 15.6. The van der Waals surface area contributed by atoms with E-state index in [9.17, 15) is 13.2 Å². The molecule has 0 saturated carbocycles. The van der Waals surface area contributed by atoms with Crippen LogP contribution in [0.1, 0.15) is 24.0 Å². The van der Waals surface area contributed by atoms with E-state index in [0.29, 0.717) is 31.8 Å². The predicted molar refractivity (Wildman–Crippen MR) is 99.6 cm³/mol. The summed E-state index contributed by atoms with van der Waals surface area (Å²) in [6.07, 6.45) is 5.05. The second-order valence-corrected chi connectivity index (χ2v) is 8.47. The van der Waals surface area contributed by atoms with E-state index < -0.39 is 10.0 Å². The van der Waals surface area contributed by atoms with Crippen LogP contribution in [0, 0.1) is 0 Å². The maximum absolute atomic E-state index is 12.7. The minimum atomic E-state index is -3.72. The highest BCUT2D eigenvalue weighted by Gasteiger charge is 2.30. The molecule has 142 valence electrons. The molecule has 1 amide bonds. The highest BCUT2D eigenvalue weighted by molar-refractivity contribution is 7.92. The molecule has 8 heteroatoms. The van der Waals surface area contributed by atoms with Gasteiger partial charge in [-0.2, -0.15) is 0 Å². The fraction of sp³-hybridized carbons (Fsp3) is 0.368. The summed E-state index contributed by atoms with van der Waals surface area (Å²) >= 11 is 0. The van der Waals surface area contributed by atoms with Crippen LogP contribution >= 0.6 is 0 Å². The summed E-state index contributed by atoms with van der Waals surface area (Å²) in [6.45, 7) is 1.67. The number of rotatable bonds is 4. The first-order valence-corrected chi connectivity index (χ1v) is 10.5. The molecule has 3 heterocycles. The molecule has 0 aliphatic carbocycles. The predicted octanol–water partition coefficient (Wildman–Crippen LogP) is 1.95. The topological polar surface area (TPSA) is 88.6 Å². The Bertz CT molecular complexity index is 941. The number of hydrogen-bond acceptors (Lipinski definition) is 5. The minimum absolute atomic E-state index is 0.0000971. The molecular weight excluding hydrogens is 366 g/mol. The number of aromatic nitrogens is 1. The van der Waals surface area contributed by atoms with E-state index in [1.54, 1.807) is 35.4 Å². The average Bonchev–Trinajstić information content (AvgIpc) is 3.22. The fourth-order valence-electron chi connectivity index (χ4n) is 3.50. The van der Waals surface area contributed by atoms with Gasteiger partial charge in [0.25, 0.3) is 15.9 Å². The Morgan fingerprint density at radius 2 is 2.15 bits per heavy atom. The SMILES string of the molecule is O=C(C1CCCO1)N1CCc2ccc(S(=O)(=O)Nc3cccnc3)cc2C1. The maximum Gasteiger partial charge on any atom is 0.261 e. The second-order valence-electron chi connectivity index (χ2n) is 6.79. The van der Waals surface area contributed by atoms with Gasteiger partial charge in [0.05, 0.1) is 16.8 Å². The van der Waals surface area contributed by atoms with E-state index in [1.807, 2.05) is 6.07 Å². The fourth-order valence-corrected chi connectivity index (χ4v) is 4.60. The van der Waals surface area contributed by atoms with Gasteiger partial charge < -0.3 is 9.64 Å². The maximum atomic E-state index is 12.7. The van der Waals surface area contributed by atoms with Crippen LogP contribution in [-0.2, 0) is 32.5 Å². The van der Waals surface area contributed by atoms with Crippen molar-refractivity contribution in [2.45, 2.75) is 36.8 Å². The molecule has 1 unspecified atom stereocenters. The van der Waals surface area contributed by atoms with Crippen LogP contribution < -0.4 is 4.72 Å². The standard InChI is InChI=1S/C19H21N3O4S/c23-19(18-4-2-10-26-18)22-9-7-14-5-6-17(11-15(14)13-22)27(24,25)21-16-3-1-8-20-12-16/h1,3,5-6,8,11-12,18,21H,2,4,7,9-10,13H2. The molecule has 1 aromatic heterocycles. The summed E-state index contributed by atoms with van der Waals surface area (Å²) in [4.78, 5) is 18.5. The van der Waals surface area contributed by atoms with Gasteiger partial charge >= 0.3 is 0 Å². The van der Waals surface area contributed by atoms with Gasteiger partial charge in [0.15, 0.2) is 0 Å². The van der Waals surface area contributed by atoms with Crippen molar-refractivity contribution >= 4 is 21.6 Å². The lowest BCUT2D eigenvalue weighted by molar-refractivity contribution is -0.141. The number of hydrogen-bond donors (Lipinski definition) is 1. The molecule has 4 rings (SSSR count). The molecule has 2 aliphatic rings. The Morgan fingerprint density at radius 3 is 2.89 bits per heavy atom. The minimum Gasteiger partial charge on any atom is -0.368 e. The molecule has 1 N–H and O–H groups in total. The van der Waals surface area contributed by atoms with Crippen molar-refractivity contribution in [2.24, 2.45) is 0 Å². The smallest absolute Gasteiger partial charge is 0.261 e. The highest BCUT2D eigenvalue weighted by atomic mass is 32.2. The first-order chi connectivity index (χ1) is 13.0. The summed E-state index contributed by atoms with van der Waals surface area (Å²) in [5.74, 6) is -0.0000971. The summed E-state index contributed by atoms with van der Waals surface area (Å²) in [5.41, 5.74) is 2.35. The number of pyridine rings is 1. The van der Waals surface area contributed by atoms with Crippen LogP contribution in [0.2, 0.25) is 0 Å². The molecule has 27 heavy (non-hydrogen) atoms. The number of ether oxygens (including phenoxy) is 1. The van der Waals surface area contributed by atoms with Crippen LogP contribution in [0.5, 0.6) is 0 Å². The zero-order valence-electron chi connectivity index (χ0n) is 14.8. The van der Waals surface area contributed by atoms with Crippen LogP contribution in [0.4, 0.5) is 5.69 Å². The average molecular weight is 387 g/mol. The Labute approximate surface area is 158 Å². The van der Waals surface area contributed by atoms with Gasteiger partial charge in [0.2, 0.25) is 0 Å². The molecule has 1 fully saturated rings. The quantitative estimate of drug-likeness (QED) is 0.866. The Kier molecular flexibility index (Phi) is 4.84.